The van der Waals surface area contributed by atoms with Crippen molar-refractivity contribution in [1.82, 2.24) is 15.2 Å². The molecule has 1 N–H and O–H groups in total. The van der Waals surface area contributed by atoms with Crippen LogP contribution in [0, 0.1) is 6.92 Å². The maximum atomic E-state index is 12.3. The summed E-state index contributed by atoms with van der Waals surface area (Å²) in [5.74, 6) is 0.726. The first-order valence-electron chi connectivity index (χ1n) is 7.32. The highest BCUT2D eigenvalue weighted by Gasteiger charge is 2.25. The Hall–Kier alpha value is -2.34. The van der Waals surface area contributed by atoms with Crippen LogP contribution in [0.25, 0.3) is 0 Å². The second kappa shape index (κ2) is 6.62. The fourth-order valence-electron chi connectivity index (χ4n) is 2.47. The van der Waals surface area contributed by atoms with E-state index in [0.717, 1.165) is 17.0 Å². The normalized spacial score (nSPS) is 18.2. The minimum Gasteiger partial charge on any atom is -0.448 e. The van der Waals surface area contributed by atoms with Crippen molar-refractivity contribution in [3.8, 4) is 0 Å². The van der Waals surface area contributed by atoms with E-state index in [1.165, 1.54) is 6.39 Å². The molecule has 2 aromatic rings. The van der Waals surface area contributed by atoms with Crippen molar-refractivity contribution in [2.45, 2.75) is 19.6 Å². The van der Waals surface area contributed by atoms with Crippen molar-refractivity contribution in [3.05, 3.63) is 53.7 Å². The lowest BCUT2D eigenvalue weighted by molar-refractivity contribution is -0.0154. The number of carbonyl (C=O) groups excluding carboxylic acids is 1. The number of hydrogen-bond donors (Lipinski definition) is 1. The molecule has 6 nitrogen and oxygen atoms in total. The van der Waals surface area contributed by atoms with Gasteiger partial charge in [-0.05, 0) is 12.5 Å². The van der Waals surface area contributed by atoms with Gasteiger partial charge in [-0.2, -0.15) is 0 Å². The van der Waals surface area contributed by atoms with Crippen LogP contribution in [0.5, 0.6) is 0 Å². The van der Waals surface area contributed by atoms with E-state index in [1.54, 1.807) is 4.90 Å². The standard InChI is InChI=1S/C16H19N3O3/c1-12-14(18-11-22-12)9-17-16(20)19-7-8-21-15(10-19)13-5-3-2-4-6-13/h2-6,11,15H,7-10H2,1H3,(H,17,20). The molecule has 1 unspecified atom stereocenters. The van der Waals surface area contributed by atoms with Crippen LogP contribution < -0.4 is 5.32 Å². The van der Waals surface area contributed by atoms with Crippen molar-refractivity contribution in [3.63, 3.8) is 0 Å². The number of aryl methyl sites for hydroxylation is 1. The zero-order valence-corrected chi connectivity index (χ0v) is 12.5. The largest absolute Gasteiger partial charge is 0.448 e. The first kappa shape index (κ1) is 14.6. The quantitative estimate of drug-likeness (QED) is 0.944. The van der Waals surface area contributed by atoms with Gasteiger partial charge in [0.05, 0.1) is 19.7 Å². The van der Waals surface area contributed by atoms with E-state index < -0.39 is 0 Å². The summed E-state index contributed by atoms with van der Waals surface area (Å²) in [6, 6.07) is 9.86. The molecule has 0 saturated carbocycles. The van der Waals surface area contributed by atoms with Crippen LogP contribution in [0.15, 0.2) is 41.1 Å². The van der Waals surface area contributed by atoms with Gasteiger partial charge in [0.15, 0.2) is 6.39 Å². The molecule has 116 valence electrons. The molecule has 1 aromatic carbocycles. The van der Waals surface area contributed by atoms with E-state index in [0.29, 0.717) is 26.2 Å². The van der Waals surface area contributed by atoms with Crippen LogP contribution >= 0.6 is 0 Å². The van der Waals surface area contributed by atoms with Crippen molar-refractivity contribution >= 4 is 6.03 Å². The summed E-state index contributed by atoms with van der Waals surface area (Å²) in [7, 11) is 0. The Kier molecular flexibility index (Phi) is 4.39. The number of urea groups is 1. The third kappa shape index (κ3) is 3.28. The monoisotopic (exact) mass is 301 g/mol. The fraction of sp³-hybridized carbons (Fsp3) is 0.375. The van der Waals surface area contributed by atoms with Crippen LogP contribution in [0.1, 0.15) is 23.1 Å². The third-order valence-corrected chi connectivity index (χ3v) is 3.78. The highest BCUT2D eigenvalue weighted by Crippen LogP contribution is 2.21. The van der Waals surface area contributed by atoms with Crippen molar-refractivity contribution in [2.24, 2.45) is 0 Å². The van der Waals surface area contributed by atoms with Gasteiger partial charge in [0, 0.05) is 6.54 Å². The zero-order chi connectivity index (χ0) is 15.4. The molecule has 1 fully saturated rings. The molecular weight excluding hydrogens is 282 g/mol. The van der Waals surface area contributed by atoms with Crippen molar-refractivity contribution < 1.29 is 13.9 Å². The number of morpholine rings is 1. The van der Waals surface area contributed by atoms with E-state index in [-0.39, 0.29) is 12.1 Å². The molecular formula is C16H19N3O3. The summed E-state index contributed by atoms with van der Waals surface area (Å²) in [5.41, 5.74) is 1.84. The smallest absolute Gasteiger partial charge is 0.317 e. The maximum Gasteiger partial charge on any atom is 0.317 e. The van der Waals surface area contributed by atoms with Crippen LogP contribution in [0.2, 0.25) is 0 Å². The molecule has 6 heteroatoms. The Labute approximate surface area is 129 Å². The molecule has 0 spiro atoms. The summed E-state index contributed by atoms with van der Waals surface area (Å²) < 4.78 is 10.9. The Morgan fingerprint density at radius 2 is 2.23 bits per heavy atom. The number of nitrogens with one attached hydrogen (secondary N) is 1. The van der Waals surface area contributed by atoms with Gasteiger partial charge >= 0.3 is 6.03 Å². The summed E-state index contributed by atoms with van der Waals surface area (Å²) >= 11 is 0. The van der Waals surface area contributed by atoms with Crippen LogP contribution in [-0.4, -0.2) is 35.6 Å². The molecule has 0 bridgehead atoms. The molecule has 0 aliphatic carbocycles. The molecule has 1 saturated heterocycles. The molecule has 1 aliphatic rings. The lowest BCUT2D eigenvalue weighted by Gasteiger charge is -2.33. The van der Waals surface area contributed by atoms with Gasteiger partial charge in [-0.25, -0.2) is 9.78 Å². The van der Waals surface area contributed by atoms with Crippen LogP contribution in [0.3, 0.4) is 0 Å². The molecule has 2 heterocycles. The van der Waals surface area contributed by atoms with Gasteiger partial charge in [-0.1, -0.05) is 30.3 Å². The highest BCUT2D eigenvalue weighted by atomic mass is 16.5. The first-order valence-corrected chi connectivity index (χ1v) is 7.32. The summed E-state index contributed by atoms with van der Waals surface area (Å²) in [5, 5.41) is 2.88. The van der Waals surface area contributed by atoms with Gasteiger partial charge in [0.25, 0.3) is 0 Å². The average Bonchev–Trinajstić information content (AvgIpc) is 2.99. The Bertz CT molecular complexity index is 627. The zero-order valence-electron chi connectivity index (χ0n) is 12.5. The lowest BCUT2D eigenvalue weighted by Crippen LogP contribution is -2.47. The second-order valence-corrected chi connectivity index (χ2v) is 5.23. The predicted octanol–water partition coefficient (Wildman–Crippen LogP) is 2.27. The lowest BCUT2D eigenvalue weighted by atomic mass is 10.1. The van der Waals surface area contributed by atoms with Crippen LogP contribution in [-0.2, 0) is 11.3 Å². The summed E-state index contributed by atoms with van der Waals surface area (Å²) in [6.07, 6.45) is 1.31. The predicted molar refractivity (Wildman–Crippen MR) is 80.2 cm³/mol. The molecule has 3 rings (SSSR count). The third-order valence-electron chi connectivity index (χ3n) is 3.78. The van der Waals surface area contributed by atoms with E-state index in [1.807, 2.05) is 37.3 Å². The van der Waals surface area contributed by atoms with Gasteiger partial charge in [-0.3, -0.25) is 0 Å². The highest BCUT2D eigenvalue weighted by molar-refractivity contribution is 5.74. The minimum atomic E-state index is -0.105. The molecule has 1 aliphatic heterocycles. The number of oxazole rings is 1. The maximum absolute atomic E-state index is 12.3. The van der Waals surface area contributed by atoms with Crippen molar-refractivity contribution in [2.75, 3.05) is 19.7 Å². The van der Waals surface area contributed by atoms with Gasteiger partial charge in [0.1, 0.15) is 17.6 Å². The Morgan fingerprint density at radius 1 is 1.41 bits per heavy atom. The van der Waals surface area contributed by atoms with E-state index >= 15 is 0 Å². The van der Waals surface area contributed by atoms with E-state index in [9.17, 15) is 4.79 Å². The number of aromatic nitrogens is 1. The molecule has 1 aromatic heterocycles. The number of ether oxygens (including phenoxy) is 1. The van der Waals surface area contributed by atoms with Gasteiger partial charge < -0.3 is 19.4 Å². The molecule has 0 radical (unpaired) electrons. The summed E-state index contributed by atoms with van der Waals surface area (Å²) in [4.78, 5) is 18.1. The van der Waals surface area contributed by atoms with Crippen LogP contribution in [0.4, 0.5) is 4.79 Å². The molecule has 22 heavy (non-hydrogen) atoms. The number of amides is 2. The minimum absolute atomic E-state index is 0.0745. The number of nitrogens with zero attached hydrogens (tertiary/aromatic N) is 2. The summed E-state index contributed by atoms with van der Waals surface area (Å²) in [6.45, 7) is 3.87. The van der Waals surface area contributed by atoms with Gasteiger partial charge in [0.2, 0.25) is 0 Å². The Balaban J connectivity index is 1.57. The number of carbonyl (C=O) groups is 1. The second-order valence-electron chi connectivity index (χ2n) is 5.23. The number of rotatable bonds is 3. The number of benzene rings is 1. The molecule has 1 atom stereocenters. The Morgan fingerprint density at radius 3 is 2.95 bits per heavy atom. The molecule has 2 amide bonds. The van der Waals surface area contributed by atoms with E-state index in [2.05, 4.69) is 10.3 Å². The average molecular weight is 301 g/mol. The number of hydrogen-bond acceptors (Lipinski definition) is 4. The first-order chi connectivity index (χ1) is 10.7. The SMILES string of the molecule is Cc1ocnc1CNC(=O)N1CCOC(c2ccccc2)C1. The van der Waals surface area contributed by atoms with Gasteiger partial charge in [-0.15, -0.1) is 0 Å². The topological polar surface area (TPSA) is 67.6 Å². The fourth-order valence-corrected chi connectivity index (χ4v) is 2.47. The van der Waals surface area contributed by atoms with E-state index in [4.69, 9.17) is 9.15 Å². The van der Waals surface area contributed by atoms with Crippen molar-refractivity contribution in [1.29, 1.82) is 0 Å².